The van der Waals surface area contributed by atoms with E-state index in [1.807, 2.05) is 17.5 Å². The predicted octanol–water partition coefficient (Wildman–Crippen LogP) is 3.36. The molecule has 1 N–H and O–H groups in total. The normalized spacial score (nSPS) is 11.2. The molecule has 0 saturated heterocycles. The lowest BCUT2D eigenvalue weighted by atomic mass is 10.1. The highest BCUT2D eigenvalue weighted by Gasteiger charge is 2.11. The van der Waals surface area contributed by atoms with Gasteiger partial charge in [-0.25, -0.2) is 4.98 Å². The van der Waals surface area contributed by atoms with Crippen molar-refractivity contribution in [3.63, 3.8) is 0 Å². The summed E-state index contributed by atoms with van der Waals surface area (Å²) in [6, 6.07) is 8.29. The number of rotatable bonds is 7. The van der Waals surface area contributed by atoms with Gasteiger partial charge in [0.2, 0.25) is 0 Å². The Morgan fingerprint density at radius 1 is 1.35 bits per heavy atom. The average molecular weight is 311 g/mol. The summed E-state index contributed by atoms with van der Waals surface area (Å²) in [5.41, 5.74) is 3.31. The zero-order valence-corrected chi connectivity index (χ0v) is 13.1. The molecule has 2 aromatic rings. The summed E-state index contributed by atoms with van der Waals surface area (Å²) in [4.78, 5) is 6.77. The van der Waals surface area contributed by atoms with Gasteiger partial charge in [0.1, 0.15) is 5.01 Å². The van der Waals surface area contributed by atoms with Crippen LogP contribution in [0.2, 0.25) is 0 Å². The smallest absolute Gasteiger partial charge is 0.123 e. The average Bonchev–Trinajstić information content (AvgIpc) is 2.96. The molecule has 0 fully saturated rings. The van der Waals surface area contributed by atoms with Gasteiger partial charge in [0, 0.05) is 24.0 Å². The molecule has 0 aliphatic carbocycles. The second-order valence-electron chi connectivity index (χ2n) is 4.53. The van der Waals surface area contributed by atoms with E-state index >= 15 is 0 Å². The Morgan fingerprint density at radius 2 is 2.15 bits per heavy atom. The third kappa shape index (κ3) is 3.79. The first-order valence-corrected chi connectivity index (χ1v) is 8.11. The summed E-state index contributed by atoms with van der Waals surface area (Å²) in [5.74, 6) is 0.449. The summed E-state index contributed by atoms with van der Waals surface area (Å²) < 4.78 is 0. The zero-order chi connectivity index (χ0) is 14.4. The summed E-state index contributed by atoms with van der Waals surface area (Å²) in [6.45, 7) is 4.72. The lowest BCUT2D eigenvalue weighted by Crippen LogP contribution is -2.26. The van der Waals surface area contributed by atoms with Gasteiger partial charge >= 0.3 is 0 Å². The van der Waals surface area contributed by atoms with E-state index in [-0.39, 0.29) is 6.61 Å². The minimum Gasteiger partial charge on any atom is -0.395 e. The van der Waals surface area contributed by atoms with Crippen molar-refractivity contribution in [3.05, 3.63) is 40.9 Å². The number of alkyl halides is 1. The van der Waals surface area contributed by atoms with E-state index in [0.29, 0.717) is 12.4 Å². The molecule has 2 rings (SSSR count). The van der Waals surface area contributed by atoms with E-state index in [2.05, 4.69) is 28.9 Å². The van der Waals surface area contributed by atoms with Crippen molar-refractivity contribution in [2.24, 2.45) is 0 Å². The Balaban J connectivity index is 2.25. The van der Waals surface area contributed by atoms with Crippen molar-refractivity contribution in [2.45, 2.75) is 19.3 Å². The van der Waals surface area contributed by atoms with Crippen LogP contribution in [0.1, 0.15) is 18.2 Å². The number of aliphatic hydroxyl groups excluding tert-OH is 1. The first-order chi connectivity index (χ1) is 9.78. The molecule has 0 aliphatic heterocycles. The maximum absolute atomic E-state index is 9.10. The summed E-state index contributed by atoms with van der Waals surface area (Å²) in [7, 11) is 0. The van der Waals surface area contributed by atoms with Crippen molar-refractivity contribution >= 4 is 22.9 Å². The van der Waals surface area contributed by atoms with Gasteiger partial charge in [-0.15, -0.1) is 22.9 Å². The molecule has 0 bridgehead atoms. The molecule has 0 atom stereocenters. The fourth-order valence-corrected chi connectivity index (χ4v) is 3.20. The van der Waals surface area contributed by atoms with Crippen LogP contribution < -0.4 is 0 Å². The highest BCUT2D eigenvalue weighted by Crippen LogP contribution is 2.28. The third-order valence-electron chi connectivity index (χ3n) is 3.19. The molecule has 20 heavy (non-hydrogen) atoms. The zero-order valence-electron chi connectivity index (χ0n) is 11.6. The van der Waals surface area contributed by atoms with Gasteiger partial charge in [0.25, 0.3) is 0 Å². The summed E-state index contributed by atoms with van der Waals surface area (Å²) in [5, 5.41) is 12.1. The van der Waals surface area contributed by atoms with Gasteiger partial charge in [-0.3, -0.25) is 4.90 Å². The Hall–Kier alpha value is -0.940. The lowest BCUT2D eigenvalue weighted by molar-refractivity contribution is 0.197. The van der Waals surface area contributed by atoms with E-state index < -0.39 is 0 Å². The molecule has 0 aliphatic rings. The largest absolute Gasteiger partial charge is 0.395 e. The van der Waals surface area contributed by atoms with Crippen LogP contribution in [0.15, 0.2) is 29.6 Å². The first kappa shape index (κ1) is 15.4. The molecule has 108 valence electrons. The maximum Gasteiger partial charge on any atom is 0.123 e. The number of benzene rings is 1. The maximum atomic E-state index is 9.10. The van der Waals surface area contributed by atoms with E-state index in [9.17, 15) is 0 Å². The molecule has 3 nitrogen and oxygen atoms in total. The molecule has 5 heteroatoms. The fraction of sp³-hybridized carbons (Fsp3) is 0.400. The molecule has 0 unspecified atom stereocenters. The molecule has 0 amide bonds. The molecular formula is C15H19ClN2OS. The van der Waals surface area contributed by atoms with Gasteiger partial charge < -0.3 is 5.11 Å². The number of thiazole rings is 1. The summed E-state index contributed by atoms with van der Waals surface area (Å²) >= 11 is 7.45. The molecule has 1 aromatic heterocycles. The van der Waals surface area contributed by atoms with Gasteiger partial charge in [0.05, 0.1) is 18.2 Å². The van der Waals surface area contributed by atoms with Crippen molar-refractivity contribution in [2.75, 3.05) is 19.7 Å². The second kappa shape index (κ2) is 7.74. The number of nitrogens with zero attached hydrogens (tertiary/aromatic N) is 2. The Kier molecular flexibility index (Phi) is 5.98. The van der Waals surface area contributed by atoms with E-state index in [1.54, 1.807) is 11.3 Å². The number of halogens is 1. The minimum absolute atomic E-state index is 0.184. The number of hydrogen-bond acceptors (Lipinski definition) is 4. The molecule has 0 spiro atoms. The van der Waals surface area contributed by atoms with Crippen LogP contribution in [0, 0.1) is 0 Å². The van der Waals surface area contributed by atoms with Gasteiger partial charge in [-0.2, -0.15) is 0 Å². The lowest BCUT2D eigenvalue weighted by Gasteiger charge is -2.20. The fourth-order valence-electron chi connectivity index (χ4n) is 2.09. The van der Waals surface area contributed by atoms with Crippen LogP contribution in [-0.2, 0) is 12.4 Å². The standard InChI is InChI=1S/C15H19ClN2OS/c1-2-18(7-8-19)10-12-5-3-4-6-14(12)15-17-13(9-16)11-20-15/h3-6,11,19H,2,7-10H2,1H3. The third-order valence-corrected chi connectivity index (χ3v) is 4.39. The second-order valence-corrected chi connectivity index (χ2v) is 5.65. The number of hydrogen-bond donors (Lipinski definition) is 1. The summed E-state index contributed by atoms with van der Waals surface area (Å²) in [6.07, 6.45) is 0. The van der Waals surface area contributed by atoms with Crippen LogP contribution >= 0.6 is 22.9 Å². The van der Waals surface area contributed by atoms with Crippen molar-refractivity contribution in [1.82, 2.24) is 9.88 Å². The van der Waals surface area contributed by atoms with Crippen LogP contribution in [0.25, 0.3) is 10.6 Å². The topological polar surface area (TPSA) is 36.4 Å². The van der Waals surface area contributed by atoms with Crippen molar-refractivity contribution < 1.29 is 5.11 Å². The predicted molar refractivity (Wildman–Crippen MR) is 85.1 cm³/mol. The van der Waals surface area contributed by atoms with Crippen molar-refractivity contribution in [1.29, 1.82) is 0 Å². The monoisotopic (exact) mass is 310 g/mol. The van der Waals surface area contributed by atoms with Gasteiger partial charge in [0.15, 0.2) is 0 Å². The Morgan fingerprint density at radius 3 is 2.80 bits per heavy atom. The van der Waals surface area contributed by atoms with Gasteiger partial charge in [-0.1, -0.05) is 31.2 Å². The van der Waals surface area contributed by atoms with E-state index in [0.717, 1.165) is 29.4 Å². The number of likely N-dealkylation sites (N-methyl/N-ethyl adjacent to an activating group) is 1. The quantitative estimate of drug-likeness (QED) is 0.797. The van der Waals surface area contributed by atoms with Crippen LogP contribution in [0.5, 0.6) is 0 Å². The molecule has 1 aromatic carbocycles. The van der Waals surface area contributed by atoms with Crippen LogP contribution in [0.3, 0.4) is 0 Å². The molecule has 0 radical (unpaired) electrons. The minimum atomic E-state index is 0.184. The number of aromatic nitrogens is 1. The SMILES string of the molecule is CCN(CCO)Cc1ccccc1-c1nc(CCl)cs1. The van der Waals surface area contributed by atoms with Crippen LogP contribution in [0.4, 0.5) is 0 Å². The van der Waals surface area contributed by atoms with Crippen molar-refractivity contribution in [3.8, 4) is 10.6 Å². The first-order valence-electron chi connectivity index (χ1n) is 6.70. The number of aliphatic hydroxyl groups is 1. The molecular weight excluding hydrogens is 292 g/mol. The van der Waals surface area contributed by atoms with Crippen LogP contribution in [-0.4, -0.2) is 34.7 Å². The highest BCUT2D eigenvalue weighted by atomic mass is 35.5. The Bertz CT molecular complexity index is 544. The van der Waals surface area contributed by atoms with Gasteiger partial charge in [-0.05, 0) is 12.1 Å². The molecule has 1 heterocycles. The molecule has 0 saturated carbocycles. The Labute approximate surface area is 128 Å². The van der Waals surface area contributed by atoms with E-state index in [4.69, 9.17) is 16.7 Å². The highest BCUT2D eigenvalue weighted by molar-refractivity contribution is 7.13. The van der Waals surface area contributed by atoms with E-state index in [1.165, 1.54) is 5.56 Å².